The van der Waals surface area contributed by atoms with Crippen LogP contribution in [0.25, 0.3) is 0 Å². The number of nitrogens with zero attached hydrogens (tertiary/aromatic N) is 3. The fourth-order valence-electron chi connectivity index (χ4n) is 3.66. The number of nitrogens with one attached hydrogen (secondary N) is 2. The van der Waals surface area contributed by atoms with E-state index in [0.717, 1.165) is 12.0 Å². The predicted octanol–water partition coefficient (Wildman–Crippen LogP) is 2.46. The van der Waals surface area contributed by atoms with Crippen LogP contribution in [0, 0.1) is 11.8 Å². The van der Waals surface area contributed by atoms with Crippen LogP contribution in [0.15, 0.2) is 36.4 Å². The molecule has 2 heterocycles. The number of rotatable bonds is 8. The third-order valence-electron chi connectivity index (χ3n) is 5.45. The average Bonchev–Trinajstić information content (AvgIpc) is 3.13. The molecule has 2 N–H and O–H groups in total. The van der Waals surface area contributed by atoms with E-state index < -0.39 is 11.9 Å². The molecule has 1 aromatic heterocycles. The Morgan fingerprint density at radius 2 is 1.81 bits per heavy atom. The van der Waals surface area contributed by atoms with Crippen molar-refractivity contribution in [2.45, 2.75) is 53.2 Å². The molecule has 3 amide bonds. The van der Waals surface area contributed by atoms with Crippen LogP contribution in [-0.4, -0.2) is 51.5 Å². The first-order valence-corrected chi connectivity index (χ1v) is 11.3. The molecule has 0 bridgehead atoms. The Balaban J connectivity index is 1.73. The molecule has 0 aliphatic carbocycles. The van der Waals surface area contributed by atoms with Crippen LogP contribution >= 0.6 is 0 Å². The van der Waals surface area contributed by atoms with Gasteiger partial charge in [0.05, 0.1) is 0 Å². The van der Waals surface area contributed by atoms with Crippen molar-refractivity contribution in [3.63, 3.8) is 0 Å². The normalized spacial score (nSPS) is 14.8. The van der Waals surface area contributed by atoms with Crippen molar-refractivity contribution in [1.29, 1.82) is 0 Å². The van der Waals surface area contributed by atoms with E-state index in [-0.39, 0.29) is 23.4 Å². The average molecular weight is 440 g/mol. The Morgan fingerprint density at radius 1 is 1.09 bits per heavy atom. The zero-order valence-electron chi connectivity index (χ0n) is 19.3. The lowest BCUT2D eigenvalue weighted by molar-refractivity contribution is -0.124. The molecule has 1 atom stereocenters. The molecule has 0 spiro atoms. The first-order chi connectivity index (χ1) is 15.3. The number of fused-ring (bicyclic) bond motifs is 1. The predicted molar refractivity (Wildman–Crippen MR) is 122 cm³/mol. The van der Waals surface area contributed by atoms with E-state index in [1.54, 1.807) is 9.58 Å². The monoisotopic (exact) mass is 439 g/mol. The molecule has 1 aliphatic heterocycles. The van der Waals surface area contributed by atoms with Gasteiger partial charge in [0.2, 0.25) is 5.91 Å². The second-order valence-corrected chi connectivity index (χ2v) is 9.04. The molecular formula is C24H33N5O3. The minimum absolute atomic E-state index is 0.0884. The zero-order valence-corrected chi connectivity index (χ0v) is 19.3. The molecule has 172 valence electrons. The summed E-state index contributed by atoms with van der Waals surface area (Å²) in [4.78, 5) is 40.4. The molecule has 0 fully saturated rings. The van der Waals surface area contributed by atoms with Gasteiger partial charge in [0.1, 0.15) is 11.7 Å². The number of aryl methyl sites for hydroxylation is 1. The Bertz CT molecular complexity index is 952. The summed E-state index contributed by atoms with van der Waals surface area (Å²) in [5.74, 6) is -0.585. The van der Waals surface area contributed by atoms with Crippen molar-refractivity contribution >= 4 is 17.7 Å². The van der Waals surface area contributed by atoms with Crippen molar-refractivity contribution in [2.75, 3.05) is 13.1 Å². The van der Waals surface area contributed by atoms with Gasteiger partial charge in [-0.25, -0.2) is 0 Å². The van der Waals surface area contributed by atoms with Gasteiger partial charge in [0, 0.05) is 32.2 Å². The number of aromatic nitrogens is 2. The highest BCUT2D eigenvalue weighted by Gasteiger charge is 2.29. The molecule has 3 rings (SSSR count). The fraction of sp³-hybridized carbons (Fsp3) is 0.500. The molecule has 2 aromatic rings. The summed E-state index contributed by atoms with van der Waals surface area (Å²) in [5, 5.41) is 10.0. The summed E-state index contributed by atoms with van der Waals surface area (Å²) in [6.07, 6.45) is 0.751. The van der Waals surface area contributed by atoms with Crippen molar-refractivity contribution in [3.05, 3.63) is 53.3 Å². The standard InChI is InChI=1S/C24H33N5O3/c1-16(2)14-25-23(31)21(17(3)4)26-22(30)19-13-20-24(32)28(11-8-12-29(20)27-19)15-18-9-6-5-7-10-18/h5-7,9-10,13,16-17,21H,8,11-12,14-15H2,1-4H3,(H,25,31)(H,26,30)/t21-/m0/s1. The van der Waals surface area contributed by atoms with Crippen LogP contribution in [0.3, 0.4) is 0 Å². The van der Waals surface area contributed by atoms with Crippen LogP contribution in [-0.2, 0) is 17.9 Å². The van der Waals surface area contributed by atoms with Gasteiger partial charge in [-0.05, 0) is 23.8 Å². The molecule has 0 unspecified atom stereocenters. The van der Waals surface area contributed by atoms with Crippen molar-refractivity contribution in [1.82, 2.24) is 25.3 Å². The van der Waals surface area contributed by atoms with E-state index in [9.17, 15) is 14.4 Å². The van der Waals surface area contributed by atoms with Crippen LogP contribution in [0.1, 0.15) is 60.7 Å². The number of benzene rings is 1. The quantitative estimate of drug-likeness (QED) is 0.660. The van der Waals surface area contributed by atoms with Gasteiger partial charge in [-0.3, -0.25) is 19.1 Å². The van der Waals surface area contributed by atoms with E-state index in [1.165, 1.54) is 6.07 Å². The molecule has 0 radical (unpaired) electrons. The van der Waals surface area contributed by atoms with Gasteiger partial charge in [0.25, 0.3) is 11.8 Å². The molecule has 1 aromatic carbocycles. The summed E-state index contributed by atoms with van der Waals surface area (Å²) in [7, 11) is 0. The third kappa shape index (κ3) is 5.75. The van der Waals surface area contributed by atoms with Gasteiger partial charge < -0.3 is 15.5 Å². The number of hydrogen-bond donors (Lipinski definition) is 2. The Morgan fingerprint density at radius 3 is 2.47 bits per heavy atom. The SMILES string of the molecule is CC(C)CNC(=O)[C@@H](NC(=O)c1cc2n(n1)CCCN(Cc1ccccc1)C2=O)C(C)C. The van der Waals surface area contributed by atoms with Gasteiger partial charge in [-0.1, -0.05) is 58.0 Å². The Hall–Kier alpha value is -3.16. The highest BCUT2D eigenvalue weighted by atomic mass is 16.2. The molecular weight excluding hydrogens is 406 g/mol. The van der Waals surface area contributed by atoms with Crippen molar-refractivity contribution in [2.24, 2.45) is 11.8 Å². The summed E-state index contributed by atoms with van der Waals surface area (Å²) in [6, 6.07) is 10.7. The molecule has 32 heavy (non-hydrogen) atoms. The smallest absolute Gasteiger partial charge is 0.272 e. The molecule has 1 aliphatic rings. The van der Waals surface area contributed by atoms with Gasteiger partial charge in [-0.15, -0.1) is 0 Å². The van der Waals surface area contributed by atoms with Crippen LogP contribution < -0.4 is 10.6 Å². The van der Waals surface area contributed by atoms with E-state index >= 15 is 0 Å². The second kappa shape index (κ2) is 10.4. The lowest BCUT2D eigenvalue weighted by atomic mass is 10.0. The fourth-order valence-corrected chi connectivity index (χ4v) is 3.66. The topological polar surface area (TPSA) is 96.3 Å². The molecule has 8 nitrogen and oxygen atoms in total. The highest BCUT2D eigenvalue weighted by molar-refractivity contribution is 5.99. The van der Waals surface area contributed by atoms with Crippen molar-refractivity contribution < 1.29 is 14.4 Å². The number of amides is 3. The largest absolute Gasteiger partial charge is 0.354 e. The van der Waals surface area contributed by atoms with Gasteiger partial charge in [-0.2, -0.15) is 5.10 Å². The van der Waals surface area contributed by atoms with E-state index in [2.05, 4.69) is 15.7 Å². The van der Waals surface area contributed by atoms with Crippen molar-refractivity contribution in [3.8, 4) is 0 Å². The summed E-state index contributed by atoms with van der Waals surface area (Å²) >= 11 is 0. The van der Waals surface area contributed by atoms with E-state index in [4.69, 9.17) is 0 Å². The first-order valence-electron chi connectivity index (χ1n) is 11.3. The molecule has 8 heteroatoms. The lowest BCUT2D eigenvalue weighted by Gasteiger charge is -2.22. The number of carbonyl (C=O) groups is 3. The summed E-state index contributed by atoms with van der Waals surface area (Å²) in [5.41, 5.74) is 1.60. The molecule has 0 saturated heterocycles. The van der Waals surface area contributed by atoms with E-state index in [0.29, 0.717) is 37.8 Å². The lowest BCUT2D eigenvalue weighted by Crippen LogP contribution is -2.50. The first kappa shape index (κ1) is 23.5. The van der Waals surface area contributed by atoms with Gasteiger partial charge >= 0.3 is 0 Å². The minimum Gasteiger partial charge on any atom is -0.354 e. The summed E-state index contributed by atoms with van der Waals surface area (Å²) in [6.45, 7) is 10.0. The number of carbonyl (C=O) groups excluding carboxylic acids is 3. The Labute approximate surface area is 189 Å². The maximum absolute atomic E-state index is 13.1. The van der Waals surface area contributed by atoms with Gasteiger partial charge in [0.15, 0.2) is 5.69 Å². The highest BCUT2D eigenvalue weighted by Crippen LogP contribution is 2.17. The second-order valence-electron chi connectivity index (χ2n) is 9.04. The number of hydrogen-bond acceptors (Lipinski definition) is 4. The maximum Gasteiger partial charge on any atom is 0.272 e. The Kier molecular flexibility index (Phi) is 7.66. The zero-order chi connectivity index (χ0) is 23.3. The summed E-state index contributed by atoms with van der Waals surface area (Å²) < 4.78 is 1.60. The van der Waals surface area contributed by atoms with Crippen LogP contribution in [0.2, 0.25) is 0 Å². The van der Waals surface area contributed by atoms with E-state index in [1.807, 2.05) is 58.0 Å². The minimum atomic E-state index is -0.673. The van der Waals surface area contributed by atoms with Crippen LogP contribution in [0.4, 0.5) is 0 Å². The molecule has 0 saturated carbocycles. The third-order valence-corrected chi connectivity index (χ3v) is 5.45. The van der Waals surface area contributed by atoms with Crippen LogP contribution in [0.5, 0.6) is 0 Å². The maximum atomic E-state index is 13.1.